The van der Waals surface area contributed by atoms with Crippen LogP contribution in [0.1, 0.15) is 0 Å². The minimum atomic E-state index is 0. The van der Waals surface area contributed by atoms with Crippen LogP contribution in [0.2, 0.25) is 0 Å². The molecule has 0 fully saturated rings. The Morgan fingerprint density at radius 3 is 0.600 bits per heavy atom. The fourth-order valence-electron chi connectivity index (χ4n) is 0. The molecule has 5 heavy (non-hydrogen) atoms. The second-order valence-electron chi connectivity index (χ2n) is 0. The summed E-state index contributed by atoms with van der Waals surface area (Å²) in [4.78, 5) is 0. The van der Waals surface area contributed by atoms with E-state index in [1.807, 2.05) is 0 Å². The molecule has 0 aliphatic heterocycles. The average molecular weight is 130 g/mol. The zero-order chi connectivity index (χ0) is 0. The third-order valence-corrected chi connectivity index (χ3v) is 0. The molecule has 0 amide bonds. The zero-order valence-corrected chi connectivity index (χ0v) is 9.65. The van der Waals surface area contributed by atoms with Crippen LogP contribution in [0, 0.1) is 0 Å². The first-order valence-corrected chi connectivity index (χ1v) is 0. The Labute approximate surface area is 116 Å². The molecule has 0 aromatic carbocycles. The maximum absolute atomic E-state index is 0. The zero-order valence-electron chi connectivity index (χ0n) is 3.41. The third kappa shape index (κ3) is 19.1. The molecule has 0 aromatic heterocycles. The summed E-state index contributed by atoms with van der Waals surface area (Å²) < 4.78 is 0. The minimum absolute atomic E-state index is 0. The quantitative estimate of drug-likeness (QED) is 0.291. The van der Waals surface area contributed by atoms with Gasteiger partial charge in [-0.25, -0.2) is 0 Å². The fourth-order valence-corrected chi connectivity index (χ4v) is 0. The number of hydrogen-bond acceptors (Lipinski definition) is 0. The summed E-state index contributed by atoms with van der Waals surface area (Å²) in [7, 11) is 0. The van der Waals surface area contributed by atoms with E-state index >= 15 is 0 Å². The van der Waals surface area contributed by atoms with Gasteiger partial charge in [0.1, 0.15) is 0 Å². The molecule has 0 spiro atoms. The van der Waals surface area contributed by atoms with Gasteiger partial charge in [0.25, 0.3) is 0 Å². The Balaban J connectivity index is 0. The molecular weight excluding hydrogens is 126 g/mol. The van der Waals surface area contributed by atoms with Crippen LogP contribution in [0.3, 0.4) is 0 Å². The second kappa shape index (κ2) is 27.2. The molecule has 0 bridgehead atoms. The van der Waals surface area contributed by atoms with Crippen molar-refractivity contribution in [3.05, 3.63) is 0 Å². The number of hydrogen-bond donors (Lipinski definition) is 0. The van der Waals surface area contributed by atoms with Crippen LogP contribution in [-0.2, 0) is 5.48 Å². The van der Waals surface area contributed by atoms with Gasteiger partial charge >= 0.3 is 103 Å². The van der Waals surface area contributed by atoms with Crippen LogP contribution in [0.4, 0.5) is 0 Å². The predicted octanol–water partition coefficient (Wildman–Crippen LogP) is -7.76. The van der Waals surface area contributed by atoms with Crippen molar-refractivity contribution in [2.75, 3.05) is 0 Å². The van der Waals surface area contributed by atoms with E-state index in [1.54, 1.807) is 0 Å². The SMILES string of the molecule is O.O.[K+].[K+].[O-2]. The first-order valence-electron chi connectivity index (χ1n) is 0. The van der Waals surface area contributed by atoms with E-state index in [1.165, 1.54) is 0 Å². The van der Waals surface area contributed by atoms with E-state index in [9.17, 15) is 0 Å². The van der Waals surface area contributed by atoms with E-state index in [0.29, 0.717) is 0 Å². The minimum Gasteiger partial charge on any atom is -2.00 e. The van der Waals surface area contributed by atoms with Crippen molar-refractivity contribution in [3.63, 3.8) is 0 Å². The summed E-state index contributed by atoms with van der Waals surface area (Å²) in [6.07, 6.45) is 0. The molecule has 0 atom stereocenters. The maximum atomic E-state index is 0. The Morgan fingerprint density at radius 1 is 0.600 bits per heavy atom. The Bertz CT molecular complexity index is 4.85. The normalized spacial score (nSPS) is 0. The summed E-state index contributed by atoms with van der Waals surface area (Å²) in [5.74, 6) is 0. The molecule has 3 nitrogen and oxygen atoms in total. The van der Waals surface area contributed by atoms with E-state index in [0.717, 1.165) is 0 Å². The van der Waals surface area contributed by atoms with Crippen LogP contribution in [0.25, 0.3) is 0 Å². The van der Waals surface area contributed by atoms with Crippen molar-refractivity contribution >= 4 is 0 Å². The van der Waals surface area contributed by atoms with Crippen LogP contribution < -0.4 is 103 Å². The van der Waals surface area contributed by atoms with Gasteiger partial charge in [0.05, 0.1) is 0 Å². The van der Waals surface area contributed by atoms with Crippen LogP contribution in [-0.4, -0.2) is 11.0 Å². The van der Waals surface area contributed by atoms with Crippen LogP contribution >= 0.6 is 0 Å². The molecule has 0 radical (unpaired) electrons. The molecule has 0 aromatic rings. The molecule has 0 heterocycles. The summed E-state index contributed by atoms with van der Waals surface area (Å²) >= 11 is 0. The first kappa shape index (κ1) is 42.0. The van der Waals surface area contributed by atoms with Gasteiger partial charge in [-0.15, -0.1) is 0 Å². The molecule has 0 saturated heterocycles. The van der Waals surface area contributed by atoms with Gasteiger partial charge in [-0.3, -0.25) is 0 Å². The van der Waals surface area contributed by atoms with E-state index in [4.69, 9.17) is 0 Å². The summed E-state index contributed by atoms with van der Waals surface area (Å²) in [5, 5.41) is 0. The van der Waals surface area contributed by atoms with Gasteiger partial charge in [0.15, 0.2) is 0 Å². The molecule has 0 saturated carbocycles. The van der Waals surface area contributed by atoms with E-state index in [2.05, 4.69) is 0 Å². The third-order valence-electron chi connectivity index (χ3n) is 0. The van der Waals surface area contributed by atoms with Gasteiger partial charge in [-0.05, 0) is 0 Å². The van der Waals surface area contributed by atoms with Gasteiger partial charge in [0, 0.05) is 0 Å². The standard InChI is InChI=1S/2K.2H2O.O/h;;2*1H2;/q2*+1;;;-2. The van der Waals surface area contributed by atoms with Gasteiger partial charge in [-0.2, -0.15) is 0 Å². The van der Waals surface area contributed by atoms with Gasteiger partial charge in [-0.1, -0.05) is 0 Å². The monoisotopic (exact) mass is 130 g/mol. The molecular formula is H4K2O3. The van der Waals surface area contributed by atoms with Crippen molar-refractivity contribution in [1.29, 1.82) is 0 Å². The fraction of sp³-hybridized carbons (Fsp3) is 0. The summed E-state index contributed by atoms with van der Waals surface area (Å²) in [5.41, 5.74) is 0. The van der Waals surface area contributed by atoms with E-state index in [-0.39, 0.29) is 119 Å². The van der Waals surface area contributed by atoms with Gasteiger partial charge in [0.2, 0.25) is 0 Å². The van der Waals surface area contributed by atoms with Gasteiger partial charge < -0.3 is 16.4 Å². The summed E-state index contributed by atoms with van der Waals surface area (Å²) in [6, 6.07) is 0. The van der Waals surface area contributed by atoms with Crippen LogP contribution in [0.15, 0.2) is 0 Å². The summed E-state index contributed by atoms with van der Waals surface area (Å²) in [6.45, 7) is 0. The Morgan fingerprint density at radius 2 is 0.600 bits per heavy atom. The van der Waals surface area contributed by atoms with Crippen molar-refractivity contribution in [2.24, 2.45) is 0 Å². The van der Waals surface area contributed by atoms with Crippen molar-refractivity contribution in [3.8, 4) is 0 Å². The van der Waals surface area contributed by atoms with Crippen molar-refractivity contribution in [2.45, 2.75) is 0 Å². The molecule has 0 aliphatic carbocycles. The maximum Gasteiger partial charge on any atom is 1.00 e. The molecule has 24 valence electrons. The van der Waals surface area contributed by atoms with E-state index < -0.39 is 0 Å². The largest absolute Gasteiger partial charge is 2.00 e. The van der Waals surface area contributed by atoms with Crippen molar-refractivity contribution < 1.29 is 119 Å². The molecule has 4 N–H and O–H groups in total. The molecule has 0 rings (SSSR count). The van der Waals surface area contributed by atoms with Crippen LogP contribution in [0.5, 0.6) is 0 Å². The second-order valence-corrected chi connectivity index (χ2v) is 0. The Hall–Kier alpha value is 3.15. The predicted molar refractivity (Wildman–Crippen MR) is 7.91 cm³/mol. The smallest absolute Gasteiger partial charge is 1.00 e. The number of rotatable bonds is 0. The first-order chi connectivity index (χ1) is 0. The average Bonchev–Trinajstić information content (AvgIpc) is 0. The van der Waals surface area contributed by atoms with Crippen molar-refractivity contribution in [1.82, 2.24) is 0 Å². The molecule has 0 unspecified atom stereocenters. The molecule has 0 aliphatic rings. The topological polar surface area (TPSA) is 91.5 Å². The molecule has 5 heteroatoms. The Kier molecular flexibility index (Phi) is 229.